The Balaban J connectivity index is 0.00000324. The van der Waals surface area contributed by atoms with E-state index < -0.39 is 6.61 Å². The molecule has 0 aliphatic heterocycles. The van der Waals surface area contributed by atoms with Crippen LogP contribution in [0.4, 0.5) is 14.5 Å². The van der Waals surface area contributed by atoms with Crippen LogP contribution in [0.3, 0.4) is 0 Å². The van der Waals surface area contributed by atoms with E-state index in [0.29, 0.717) is 5.75 Å². The number of ether oxygens (including phenoxy) is 2. The SMILES string of the molecule is CNCC(=O)Nc1cc(OC)ccc1OC(F)F.Cl. The van der Waals surface area contributed by atoms with Gasteiger partial charge in [0.1, 0.15) is 11.5 Å². The maximum absolute atomic E-state index is 12.2. The molecule has 0 atom stereocenters. The van der Waals surface area contributed by atoms with Gasteiger partial charge in [0.15, 0.2) is 0 Å². The number of hydrogen-bond acceptors (Lipinski definition) is 4. The van der Waals surface area contributed by atoms with Crippen LogP contribution in [-0.4, -0.2) is 33.2 Å². The summed E-state index contributed by atoms with van der Waals surface area (Å²) in [6, 6.07) is 4.18. The molecule has 0 aliphatic carbocycles. The van der Waals surface area contributed by atoms with Gasteiger partial charge in [-0.25, -0.2) is 0 Å². The van der Waals surface area contributed by atoms with Crippen LogP contribution in [-0.2, 0) is 4.79 Å². The molecule has 5 nitrogen and oxygen atoms in total. The minimum Gasteiger partial charge on any atom is -0.497 e. The highest BCUT2D eigenvalue weighted by Gasteiger charge is 2.12. The zero-order chi connectivity index (χ0) is 13.5. The molecule has 0 aliphatic rings. The van der Waals surface area contributed by atoms with Gasteiger partial charge in [-0.05, 0) is 19.2 Å². The van der Waals surface area contributed by atoms with Crippen molar-refractivity contribution in [3.8, 4) is 11.5 Å². The Morgan fingerprint density at radius 1 is 1.42 bits per heavy atom. The topological polar surface area (TPSA) is 59.6 Å². The van der Waals surface area contributed by atoms with E-state index in [2.05, 4.69) is 15.4 Å². The first kappa shape index (κ1) is 17.4. The van der Waals surface area contributed by atoms with Crippen LogP contribution in [0.1, 0.15) is 0 Å². The molecular formula is C11H15ClF2N2O3. The summed E-state index contributed by atoms with van der Waals surface area (Å²) in [7, 11) is 3.03. The van der Waals surface area contributed by atoms with Gasteiger partial charge < -0.3 is 20.1 Å². The zero-order valence-corrected chi connectivity index (χ0v) is 11.2. The number of hydrogen-bond donors (Lipinski definition) is 2. The van der Waals surface area contributed by atoms with E-state index in [9.17, 15) is 13.6 Å². The lowest BCUT2D eigenvalue weighted by Crippen LogP contribution is -2.25. The molecule has 1 rings (SSSR count). The van der Waals surface area contributed by atoms with E-state index in [1.807, 2.05) is 0 Å². The summed E-state index contributed by atoms with van der Waals surface area (Å²) in [4.78, 5) is 11.4. The predicted octanol–water partition coefficient (Wildman–Crippen LogP) is 1.88. The van der Waals surface area contributed by atoms with Crippen LogP contribution in [0, 0.1) is 0 Å². The Kier molecular flexibility index (Phi) is 7.78. The zero-order valence-electron chi connectivity index (χ0n) is 10.4. The van der Waals surface area contributed by atoms with Crippen molar-refractivity contribution in [1.82, 2.24) is 5.32 Å². The Bertz CT molecular complexity index is 419. The highest BCUT2D eigenvalue weighted by Crippen LogP contribution is 2.30. The van der Waals surface area contributed by atoms with E-state index in [1.54, 1.807) is 7.05 Å². The monoisotopic (exact) mass is 296 g/mol. The molecule has 0 bridgehead atoms. The van der Waals surface area contributed by atoms with Crippen LogP contribution in [0.5, 0.6) is 11.5 Å². The van der Waals surface area contributed by atoms with Crippen molar-refractivity contribution in [1.29, 1.82) is 0 Å². The van der Waals surface area contributed by atoms with Crippen molar-refractivity contribution in [2.45, 2.75) is 6.61 Å². The number of carbonyl (C=O) groups excluding carboxylic acids is 1. The molecule has 1 amide bonds. The minimum absolute atomic E-state index is 0. The third kappa shape index (κ3) is 5.71. The molecule has 0 spiro atoms. The highest BCUT2D eigenvalue weighted by molar-refractivity contribution is 5.93. The van der Waals surface area contributed by atoms with Crippen molar-refractivity contribution in [2.75, 3.05) is 26.0 Å². The second-order valence-electron chi connectivity index (χ2n) is 3.32. The first-order valence-corrected chi connectivity index (χ1v) is 5.14. The Hall–Kier alpha value is -1.60. The predicted molar refractivity (Wildman–Crippen MR) is 69.4 cm³/mol. The number of carbonyl (C=O) groups is 1. The summed E-state index contributed by atoms with van der Waals surface area (Å²) in [6.07, 6.45) is 0. The third-order valence-corrected chi connectivity index (χ3v) is 2.01. The first-order chi connectivity index (χ1) is 8.56. The maximum Gasteiger partial charge on any atom is 0.387 e. The Morgan fingerprint density at radius 2 is 2.11 bits per heavy atom. The quantitative estimate of drug-likeness (QED) is 0.841. The largest absolute Gasteiger partial charge is 0.497 e. The molecule has 0 unspecified atom stereocenters. The van der Waals surface area contributed by atoms with E-state index in [4.69, 9.17) is 4.74 Å². The van der Waals surface area contributed by atoms with Gasteiger partial charge in [-0.1, -0.05) is 0 Å². The number of nitrogens with one attached hydrogen (secondary N) is 2. The number of anilines is 1. The molecular weight excluding hydrogens is 282 g/mol. The van der Waals surface area contributed by atoms with E-state index >= 15 is 0 Å². The van der Waals surface area contributed by atoms with Crippen LogP contribution in [0.2, 0.25) is 0 Å². The molecule has 8 heteroatoms. The Labute approximate surface area is 115 Å². The molecule has 0 fully saturated rings. The second-order valence-corrected chi connectivity index (χ2v) is 3.32. The molecule has 0 heterocycles. The molecule has 0 aromatic heterocycles. The van der Waals surface area contributed by atoms with Crippen molar-refractivity contribution in [2.24, 2.45) is 0 Å². The lowest BCUT2D eigenvalue weighted by Gasteiger charge is -2.13. The molecule has 1 aromatic rings. The summed E-state index contributed by atoms with van der Waals surface area (Å²) in [5, 5.41) is 5.10. The van der Waals surface area contributed by atoms with Gasteiger partial charge in [-0.2, -0.15) is 8.78 Å². The molecule has 108 valence electrons. The number of halogens is 3. The fraction of sp³-hybridized carbons (Fsp3) is 0.364. The van der Waals surface area contributed by atoms with Gasteiger partial charge in [0.2, 0.25) is 5.91 Å². The lowest BCUT2D eigenvalue weighted by molar-refractivity contribution is -0.115. The fourth-order valence-corrected chi connectivity index (χ4v) is 1.29. The highest BCUT2D eigenvalue weighted by atomic mass is 35.5. The number of rotatable bonds is 6. The van der Waals surface area contributed by atoms with Crippen LogP contribution in [0.15, 0.2) is 18.2 Å². The van der Waals surface area contributed by atoms with Crippen LogP contribution in [0.25, 0.3) is 0 Å². The second kappa shape index (κ2) is 8.49. The maximum atomic E-state index is 12.2. The van der Waals surface area contributed by atoms with E-state index in [1.165, 1.54) is 25.3 Å². The number of alkyl halides is 2. The third-order valence-electron chi connectivity index (χ3n) is 2.01. The standard InChI is InChI=1S/C11H14F2N2O3.ClH/c1-14-6-10(16)15-8-5-7(17-2)3-4-9(8)18-11(12)13;/h3-5,11,14H,6H2,1-2H3,(H,15,16);1H. The van der Waals surface area contributed by atoms with Crippen molar-refractivity contribution in [3.63, 3.8) is 0 Å². The Morgan fingerprint density at radius 3 is 2.63 bits per heavy atom. The normalized spacial score (nSPS) is 9.74. The molecule has 0 saturated carbocycles. The van der Waals surface area contributed by atoms with Crippen molar-refractivity contribution < 1.29 is 23.0 Å². The molecule has 2 N–H and O–H groups in total. The number of amides is 1. The average Bonchev–Trinajstić information content (AvgIpc) is 2.31. The summed E-state index contributed by atoms with van der Waals surface area (Å²) in [6.45, 7) is -2.90. The molecule has 1 aromatic carbocycles. The van der Waals surface area contributed by atoms with E-state index in [0.717, 1.165) is 0 Å². The lowest BCUT2D eigenvalue weighted by atomic mass is 10.2. The average molecular weight is 297 g/mol. The van der Waals surface area contributed by atoms with Gasteiger partial charge in [-0.3, -0.25) is 4.79 Å². The summed E-state index contributed by atoms with van der Waals surface area (Å²) < 4.78 is 33.6. The summed E-state index contributed by atoms with van der Waals surface area (Å²) in [5.74, 6) is -0.0588. The number of likely N-dealkylation sites (N-methyl/N-ethyl adjacent to an activating group) is 1. The van der Waals surface area contributed by atoms with Crippen molar-refractivity contribution in [3.05, 3.63) is 18.2 Å². The molecule has 0 saturated heterocycles. The van der Waals surface area contributed by atoms with E-state index in [-0.39, 0.29) is 36.3 Å². The minimum atomic E-state index is -2.96. The van der Waals surface area contributed by atoms with Crippen LogP contribution < -0.4 is 20.1 Å². The fourth-order valence-electron chi connectivity index (χ4n) is 1.29. The van der Waals surface area contributed by atoms with Crippen LogP contribution >= 0.6 is 12.4 Å². The first-order valence-electron chi connectivity index (χ1n) is 5.14. The molecule has 19 heavy (non-hydrogen) atoms. The van der Waals surface area contributed by atoms with Crippen molar-refractivity contribution >= 4 is 24.0 Å². The smallest absolute Gasteiger partial charge is 0.387 e. The number of benzene rings is 1. The summed E-state index contributed by atoms with van der Waals surface area (Å²) in [5.41, 5.74) is 0.134. The van der Waals surface area contributed by atoms with Gasteiger partial charge in [0.05, 0.1) is 19.3 Å². The summed E-state index contributed by atoms with van der Waals surface area (Å²) >= 11 is 0. The van der Waals surface area contributed by atoms with Gasteiger partial charge in [-0.15, -0.1) is 12.4 Å². The number of methoxy groups -OCH3 is 1. The van der Waals surface area contributed by atoms with Gasteiger partial charge >= 0.3 is 6.61 Å². The molecule has 0 radical (unpaired) electrons. The van der Waals surface area contributed by atoms with Gasteiger partial charge in [0.25, 0.3) is 0 Å². The van der Waals surface area contributed by atoms with Gasteiger partial charge in [0, 0.05) is 6.07 Å².